The first-order chi connectivity index (χ1) is 9.70. The van der Waals surface area contributed by atoms with E-state index in [1.165, 1.54) is 21.9 Å². The lowest BCUT2D eigenvalue weighted by Crippen LogP contribution is -1.77. The van der Waals surface area contributed by atoms with E-state index >= 15 is 0 Å². The predicted molar refractivity (Wildman–Crippen MR) is 94.7 cm³/mol. The van der Waals surface area contributed by atoms with Crippen molar-refractivity contribution in [1.29, 1.82) is 0 Å². The molecule has 0 N–H and O–H groups in total. The molecule has 0 heterocycles. The van der Waals surface area contributed by atoms with Crippen molar-refractivity contribution in [3.63, 3.8) is 0 Å². The summed E-state index contributed by atoms with van der Waals surface area (Å²) in [5, 5.41) is 2.54. The molecule has 0 radical (unpaired) electrons. The molecule has 0 aliphatic rings. The fraction of sp³-hybridized carbons (Fsp3) is 0. The molecular weight excluding hydrogens is 376 g/mol. The standard InChI is InChI=1S/C18H12Br2/c19-17-10-14(11-18(20)12-17)6-5-13-7-8-15-3-1-2-4-16(15)9-13/h1-12H/b6-5+. The van der Waals surface area contributed by atoms with Gasteiger partial charge in [-0.05, 0) is 46.2 Å². The van der Waals surface area contributed by atoms with Crippen LogP contribution in [0.4, 0.5) is 0 Å². The van der Waals surface area contributed by atoms with E-state index in [-0.39, 0.29) is 0 Å². The Morgan fingerprint density at radius 1 is 0.600 bits per heavy atom. The molecule has 3 aromatic carbocycles. The molecule has 0 amide bonds. The maximum atomic E-state index is 3.51. The van der Waals surface area contributed by atoms with Crippen molar-refractivity contribution in [1.82, 2.24) is 0 Å². The van der Waals surface area contributed by atoms with Crippen molar-refractivity contribution >= 4 is 54.8 Å². The van der Waals surface area contributed by atoms with Gasteiger partial charge in [0.05, 0.1) is 0 Å². The molecular formula is C18H12Br2. The molecule has 0 unspecified atom stereocenters. The molecule has 0 spiro atoms. The third kappa shape index (κ3) is 3.20. The Hall–Kier alpha value is -1.38. The lowest BCUT2D eigenvalue weighted by atomic mass is 10.1. The third-order valence-electron chi connectivity index (χ3n) is 3.13. The highest BCUT2D eigenvalue weighted by Crippen LogP contribution is 2.22. The van der Waals surface area contributed by atoms with Crippen LogP contribution in [0, 0.1) is 0 Å². The van der Waals surface area contributed by atoms with E-state index in [0.717, 1.165) is 8.95 Å². The van der Waals surface area contributed by atoms with Crippen LogP contribution in [0.3, 0.4) is 0 Å². The highest BCUT2D eigenvalue weighted by atomic mass is 79.9. The highest BCUT2D eigenvalue weighted by Gasteiger charge is 1.96. The quantitative estimate of drug-likeness (QED) is 0.438. The van der Waals surface area contributed by atoms with Gasteiger partial charge in [-0.2, -0.15) is 0 Å². The van der Waals surface area contributed by atoms with Crippen molar-refractivity contribution < 1.29 is 0 Å². The monoisotopic (exact) mass is 386 g/mol. The Morgan fingerprint density at radius 3 is 2.00 bits per heavy atom. The summed E-state index contributed by atoms with van der Waals surface area (Å²) in [5.74, 6) is 0. The van der Waals surface area contributed by atoms with Crippen molar-refractivity contribution in [2.75, 3.05) is 0 Å². The summed E-state index contributed by atoms with van der Waals surface area (Å²) in [6.45, 7) is 0. The fourth-order valence-corrected chi connectivity index (χ4v) is 3.50. The van der Waals surface area contributed by atoms with E-state index < -0.39 is 0 Å². The highest BCUT2D eigenvalue weighted by molar-refractivity contribution is 9.11. The maximum Gasteiger partial charge on any atom is 0.0192 e. The summed E-state index contributed by atoms with van der Waals surface area (Å²) in [7, 11) is 0. The lowest BCUT2D eigenvalue weighted by molar-refractivity contribution is 1.57. The Balaban J connectivity index is 1.93. The van der Waals surface area contributed by atoms with Gasteiger partial charge in [0.15, 0.2) is 0 Å². The third-order valence-corrected chi connectivity index (χ3v) is 4.04. The molecule has 0 atom stereocenters. The molecule has 0 aromatic heterocycles. The van der Waals surface area contributed by atoms with E-state index in [0.29, 0.717) is 0 Å². The van der Waals surface area contributed by atoms with Gasteiger partial charge in [-0.15, -0.1) is 0 Å². The van der Waals surface area contributed by atoms with E-state index in [1.807, 2.05) is 6.07 Å². The van der Waals surface area contributed by atoms with Crippen molar-refractivity contribution in [3.05, 3.63) is 80.7 Å². The van der Waals surface area contributed by atoms with Gasteiger partial charge in [-0.1, -0.05) is 80.4 Å². The lowest BCUT2D eigenvalue weighted by Gasteiger charge is -2.00. The SMILES string of the molecule is Brc1cc(Br)cc(/C=C/c2ccc3ccccc3c2)c1. The minimum atomic E-state index is 1.07. The van der Waals surface area contributed by atoms with E-state index in [1.54, 1.807) is 0 Å². The van der Waals surface area contributed by atoms with Crippen LogP contribution in [0.2, 0.25) is 0 Å². The van der Waals surface area contributed by atoms with Crippen LogP contribution in [-0.4, -0.2) is 0 Å². The predicted octanol–water partition coefficient (Wildman–Crippen LogP) is 6.54. The Morgan fingerprint density at radius 2 is 1.25 bits per heavy atom. The molecule has 2 heteroatoms. The van der Waals surface area contributed by atoms with Crippen LogP contribution in [-0.2, 0) is 0 Å². The summed E-state index contributed by atoms with van der Waals surface area (Å²) >= 11 is 7.02. The molecule has 0 nitrogen and oxygen atoms in total. The van der Waals surface area contributed by atoms with Crippen molar-refractivity contribution in [2.24, 2.45) is 0 Å². The minimum Gasteiger partial charge on any atom is -0.0616 e. The molecule has 3 rings (SSSR count). The largest absolute Gasteiger partial charge is 0.0616 e. The number of hydrogen-bond acceptors (Lipinski definition) is 0. The van der Waals surface area contributed by atoms with Gasteiger partial charge in [0, 0.05) is 8.95 Å². The molecule has 0 fully saturated rings. The zero-order chi connectivity index (χ0) is 13.9. The first-order valence-electron chi connectivity index (χ1n) is 6.34. The van der Waals surface area contributed by atoms with Crippen molar-refractivity contribution in [2.45, 2.75) is 0 Å². The van der Waals surface area contributed by atoms with Crippen LogP contribution in [0.25, 0.3) is 22.9 Å². The molecule has 0 aliphatic carbocycles. The summed E-state index contributed by atoms with van der Waals surface area (Å²) < 4.78 is 2.15. The number of rotatable bonds is 2. The fourth-order valence-electron chi connectivity index (χ4n) is 2.18. The first-order valence-corrected chi connectivity index (χ1v) is 7.92. The molecule has 0 saturated carbocycles. The van der Waals surface area contributed by atoms with Gasteiger partial charge in [0.1, 0.15) is 0 Å². The second-order valence-electron chi connectivity index (χ2n) is 4.64. The first kappa shape index (κ1) is 13.6. The minimum absolute atomic E-state index is 1.07. The van der Waals surface area contributed by atoms with Crippen molar-refractivity contribution in [3.8, 4) is 0 Å². The van der Waals surface area contributed by atoms with Crippen LogP contribution in [0.15, 0.2) is 69.6 Å². The topological polar surface area (TPSA) is 0 Å². The summed E-state index contributed by atoms with van der Waals surface area (Å²) in [5.41, 5.74) is 2.37. The normalized spacial score (nSPS) is 11.3. The molecule has 0 saturated heterocycles. The van der Waals surface area contributed by atoms with E-state index in [2.05, 4.69) is 98.6 Å². The summed E-state index contributed by atoms with van der Waals surface area (Å²) in [6.07, 6.45) is 4.26. The van der Waals surface area contributed by atoms with Crippen LogP contribution in [0.1, 0.15) is 11.1 Å². The number of halogens is 2. The Bertz CT molecular complexity index is 768. The molecule has 20 heavy (non-hydrogen) atoms. The van der Waals surface area contributed by atoms with Crippen LogP contribution < -0.4 is 0 Å². The van der Waals surface area contributed by atoms with E-state index in [4.69, 9.17) is 0 Å². The average Bonchev–Trinajstić information content (AvgIpc) is 2.44. The summed E-state index contributed by atoms with van der Waals surface area (Å²) in [4.78, 5) is 0. The molecule has 0 bridgehead atoms. The van der Waals surface area contributed by atoms with Crippen LogP contribution >= 0.6 is 31.9 Å². The van der Waals surface area contributed by atoms with Gasteiger partial charge < -0.3 is 0 Å². The summed E-state index contributed by atoms with van der Waals surface area (Å²) in [6, 6.07) is 21.2. The second kappa shape index (κ2) is 5.94. The van der Waals surface area contributed by atoms with Gasteiger partial charge in [0.2, 0.25) is 0 Å². The Labute approximate surface area is 135 Å². The van der Waals surface area contributed by atoms with Gasteiger partial charge in [0.25, 0.3) is 0 Å². The second-order valence-corrected chi connectivity index (χ2v) is 6.47. The average molecular weight is 388 g/mol. The van der Waals surface area contributed by atoms with Gasteiger partial charge in [-0.25, -0.2) is 0 Å². The molecule has 3 aromatic rings. The molecule has 98 valence electrons. The number of hydrogen-bond donors (Lipinski definition) is 0. The maximum absolute atomic E-state index is 3.51. The van der Waals surface area contributed by atoms with Crippen LogP contribution in [0.5, 0.6) is 0 Å². The van der Waals surface area contributed by atoms with E-state index in [9.17, 15) is 0 Å². The van der Waals surface area contributed by atoms with Gasteiger partial charge >= 0.3 is 0 Å². The Kier molecular flexibility index (Phi) is 4.04. The van der Waals surface area contributed by atoms with Gasteiger partial charge in [-0.3, -0.25) is 0 Å². The zero-order valence-electron chi connectivity index (χ0n) is 10.7. The zero-order valence-corrected chi connectivity index (χ0v) is 13.9. The smallest absolute Gasteiger partial charge is 0.0192 e. The number of benzene rings is 3. The molecule has 0 aliphatic heterocycles. The number of fused-ring (bicyclic) bond motifs is 1.